The van der Waals surface area contributed by atoms with Crippen LogP contribution in [0.15, 0.2) is 35.3 Å². The van der Waals surface area contributed by atoms with Gasteiger partial charge in [0, 0.05) is 25.1 Å². The number of aryl methyl sites for hydroxylation is 1. The average Bonchev–Trinajstić information content (AvgIpc) is 3.46. The summed E-state index contributed by atoms with van der Waals surface area (Å²) in [6, 6.07) is 9.85. The normalized spacial score (nSPS) is 13.5. The molecule has 0 atom stereocenters. The predicted molar refractivity (Wildman–Crippen MR) is 101 cm³/mol. The van der Waals surface area contributed by atoms with Gasteiger partial charge in [0.1, 0.15) is 11.3 Å². The SMILES string of the molecule is COc1cccc(-n2c(=O)n(CCCC#N)c3cnc(NC4CC4)nc32)c1. The zero-order valence-electron chi connectivity index (χ0n) is 15.1. The summed E-state index contributed by atoms with van der Waals surface area (Å²) in [5, 5.41) is 12.1. The van der Waals surface area contributed by atoms with Crippen molar-refractivity contribution in [2.24, 2.45) is 0 Å². The monoisotopic (exact) mass is 364 g/mol. The van der Waals surface area contributed by atoms with Crippen LogP contribution >= 0.6 is 0 Å². The third kappa shape index (κ3) is 3.36. The summed E-state index contributed by atoms with van der Waals surface area (Å²) in [6.07, 6.45) is 4.88. The first-order chi connectivity index (χ1) is 13.2. The Hall–Kier alpha value is -3.34. The van der Waals surface area contributed by atoms with E-state index in [2.05, 4.69) is 21.4 Å². The minimum absolute atomic E-state index is 0.200. The Morgan fingerprint density at radius 3 is 3.00 bits per heavy atom. The van der Waals surface area contributed by atoms with Crippen molar-refractivity contribution < 1.29 is 4.74 Å². The van der Waals surface area contributed by atoms with Crippen molar-refractivity contribution in [3.05, 3.63) is 40.9 Å². The first-order valence-electron chi connectivity index (χ1n) is 8.97. The molecule has 4 rings (SSSR count). The molecule has 27 heavy (non-hydrogen) atoms. The molecule has 138 valence electrons. The van der Waals surface area contributed by atoms with Gasteiger partial charge >= 0.3 is 5.69 Å². The third-order valence-corrected chi connectivity index (χ3v) is 4.57. The van der Waals surface area contributed by atoms with Gasteiger partial charge in [-0.3, -0.25) is 4.57 Å². The molecule has 1 fully saturated rings. The molecule has 0 amide bonds. The molecule has 0 spiro atoms. The number of unbranched alkanes of at least 4 members (excludes halogenated alkanes) is 1. The summed E-state index contributed by atoms with van der Waals surface area (Å²) in [6.45, 7) is 0.443. The number of fused-ring (bicyclic) bond motifs is 1. The van der Waals surface area contributed by atoms with Gasteiger partial charge in [-0.25, -0.2) is 14.3 Å². The second kappa shape index (κ2) is 7.11. The van der Waals surface area contributed by atoms with Gasteiger partial charge in [-0.05, 0) is 31.4 Å². The van der Waals surface area contributed by atoms with E-state index in [4.69, 9.17) is 10.00 Å². The van der Waals surface area contributed by atoms with Gasteiger partial charge < -0.3 is 10.1 Å². The van der Waals surface area contributed by atoms with E-state index >= 15 is 0 Å². The lowest BCUT2D eigenvalue weighted by atomic mass is 10.3. The number of nitrogens with one attached hydrogen (secondary N) is 1. The third-order valence-electron chi connectivity index (χ3n) is 4.57. The van der Waals surface area contributed by atoms with Gasteiger partial charge in [-0.1, -0.05) is 6.07 Å². The highest BCUT2D eigenvalue weighted by molar-refractivity contribution is 5.74. The lowest BCUT2D eigenvalue weighted by Crippen LogP contribution is -2.23. The highest BCUT2D eigenvalue weighted by Crippen LogP contribution is 2.25. The first-order valence-corrected chi connectivity index (χ1v) is 8.97. The highest BCUT2D eigenvalue weighted by Gasteiger charge is 2.23. The maximum atomic E-state index is 13.1. The molecule has 1 aromatic carbocycles. The van der Waals surface area contributed by atoms with E-state index in [1.165, 1.54) is 0 Å². The molecule has 0 radical (unpaired) electrons. The molecule has 0 aliphatic heterocycles. The van der Waals surface area contributed by atoms with Crippen LogP contribution in [0.3, 0.4) is 0 Å². The molecule has 0 bridgehead atoms. The number of ether oxygens (including phenoxy) is 1. The maximum Gasteiger partial charge on any atom is 0.335 e. The van der Waals surface area contributed by atoms with Crippen LogP contribution in [-0.2, 0) is 6.54 Å². The van der Waals surface area contributed by atoms with E-state index in [0.29, 0.717) is 54.0 Å². The minimum atomic E-state index is -0.200. The number of imidazole rings is 1. The van der Waals surface area contributed by atoms with Crippen molar-refractivity contribution in [3.8, 4) is 17.5 Å². The number of rotatable bonds is 7. The van der Waals surface area contributed by atoms with Crippen molar-refractivity contribution in [1.29, 1.82) is 5.26 Å². The molecule has 1 aliphatic carbocycles. The Morgan fingerprint density at radius 1 is 1.41 bits per heavy atom. The fourth-order valence-electron chi connectivity index (χ4n) is 3.03. The summed E-state index contributed by atoms with van der Waals surface area (Å²) in [7, 11) is 1.59. The van der Waals surface area contributed by atoms with Crippen LogP contribution in [0.25, 0.3) is 16.9 Å². The van der Waals surface area contributed by atoms with Crippen molar-refractivity contribution >= 4 is 17.1 Å². The van der Waals surface area contributed by atoms with Crippen molar-refractivity contribution in [2.45, 2.75) is 38.3 Å². The lowest BCUT2D eigenvalue weighted by molar-refractivity contribution is 0.414. The van der Waals surface area contributed by atoms with E-state index in [-0.39, 0.29) is 5.69 Å². The Morgan fingerprint density at radius 2 is 2.26 bits per heavy atom. The Kier molecular flexibility index (Phi) is 4.50. The first kappa shape index (κ1) is 17.1. The molecule has 0 unspecified atom stereocenters. The number of aromatic nitrogens is 4. The summed E-state index contributed by atoms with van der Waals surface area (Å²) in [4.78, 5) is 22.1. The molecule has 2 aromatic heterocycles. The Labute approximate surface area is 156 Å². The number of benzene rings is 1. The molecular formula is C19H20N6O2. The van der Waals surface area contributed by atoms with Crippen molar-refractivity contribution in [1.82, 2.24) is 19.1 Å². The highest BCUT2D eigenvalue weighted by atomic mass is 16.5. The smallest absolute Gasteiger partial charge is 0.335 e. The summed E-state index contributed by atoms with van der Waals surface area (Å²) < 4.78 is 8.50. The number of methoxy groups -OCH3 is 1. The molecule has 1 saturated carbocycles. The van der Waals surface area contributed by atoms with Crippen LogP contribution in [0.4, 0.5) is 5.95 Å². The van der Waals surface area contributed by atoms with Crippen LogP contribution in [0.2, 0.25) is 0 Å². The second-order valence-corrected chi connectivity index (χ2v) is 6.55. The lowest BCUT2D eigenvalue weighted by Gasteiger charge is -2.06. The summed E-state index contributed by atoms with van der Waals surface area (Å²) in [5.74, 6) is 1.19. The molecule has 0 saturated heterocycles. The van der Waals surface area contributed by atoms with E-state index in [9.17, 15) is 4.79 Å². The molecule has 3 aromatic rings. The minimum Gasteiger partial charge on any atom is -0.497 e. The number of nitriles is 1. The van der Waals surface area contributed by atoms with Crippen molar-refractivity contribution in [2.75, 3.05) is 12.4 Å². The standard InChI is InChI=1S/C19H20N6O2/c1-27-15-6-4-5-14(11-15)25-17-16(24(19(25)26)10-3-2-9-20)12-21-18(23-17)22-13-7-8-13/h4-6,11-13H,2-3,7-8,10H2,1H3,(H,21,22,23). The number of hydrogen-bond acceptors (Lipinski definition) is 6. The van der Waals surface area contributed by atoms with Crippen LogP contribution < -0.4 is 15.7 Å². The molecular weight excluding hydrogens is 344 g/mol. The fourth-order valence-corrected chi connectivity index (χ4v) is 3.03. The zero-order valence-corrected chi connectivity index (χ0v) is 15.1. The maximum absolute atomic E-state index is 13.1. The average molecular weight is 364 g/mol. The zero-order chi connectivity index (χ0) is 18.8. The van der Waals surface area contributed by atoms with Gasteiger partial charge in [0.05, 0.1) is 25.1 Å². The largest absolute Gasteiger partial charge is 0.497 e. The van der Waals surface area contributed by atoms with E-state index in [1.807, 2.05) is 18.2 Å². The summed E-state index contributed by atoms with van der Waals surface area (Å²) >= 11 is 0. The van der Waals surface area contributed by atoms with Gasteiger partial charge in [-0.15, -0.1) is 0 Å². The molecule has 8 nitrogen and oxygen atoms in total. The van der Waals surface area contributed by atoms with E-state index < -0.39 is 0 Å². The fraction of sp³-hybridized carbons (Fsp3) is 0.368. The topological polar surface area (TPSA) is 97.8 Å². The Balaban J connectivity index is 1.86. The molecule has 8 heteroatoms. The van der Waals surface area contributed by atoms with Crippen LogP contribution in [0.1, 0.15) is 25.7 Å². The van der Waals surface area contributed by atoms with Crippen molar-refractivity contribution in [3.63, 3.8) is 0 Å². The predicted octanol–water partition coefficient (Wildman–Crippen LogP) is 2.47. The van der Waals surface area contributed by atoms with Gasteiger partial charge in [0.2, 0.25) is 5.95 Å². The molecule has 2 heterocycles. The van der Waals surface area contributed by atoms with Gasteiger partial charge in [0.15, 0.2) is 5.65 Å². The summed E-state index contributed by atoms with van der Waals surface area (Å²) in [5.41, 5.74) is 1.68. The van der Waals surface area contributed by atoms with Gasteiger partial charge in [-0.2, -0.15) is 10.2 Å². The quantitative estimate of drug-likeness (QED) is 0.647. The molecule has 1 N–H and O–H groups in total. The van der Waals surface area contributed by atoms with E-state index in [0.717, 1.165) is 12.8 Å². The molecule has 1 aliphatic rings. The second-order valence-electron chi connectivity index (χ2n) is 6.55. The van der Waals surface area contributed by atoms with E-state index in [1.54, 1.807) is 28.5 Å². The number of nitrogens with zero attached hydrogens (tertiary/aromatic N) is 5. The van der Waals surface area contributed by atoms with Crippen LogP contribution in [0.5, 0.6) is 5.75 Å². The van der Waals surface area contributed by atoms with Gasteiger partial charge in [0.25, 0.3) is 0 Å². The van der Waals surface area contributed by atoms with Crippen LogP contribution in [-0.4, -0.2) is 32.3 Å². The Bertz CT molecular complexity index is 1070. The van der Waals surface area contributed by atoms with Crippen LogP contribution in [0, 0.1) is 11.3 Å². The number of anilines is 1. The number of hydrogen-bond donors (Lipinski definition) is 1.